The minimum absolute atomic E-state index is 0.0534. The molecule has 36 heavy (non-hydrogen) atoms. The molecule has 0 saturated carbocycles. The third kappa shape index (κ3) is 4.17. The molecule has 1 aliphatic rings. The molecule has 0 amide bonds. The molecule has 0 aliphatic heterocycles. The molecule has 0 unspecified atom stereocenters. The van der Waals surface area contributed by atoms with E-state index in [1.165, 1.54) is 5.56 Å². The van der Waals surface area contributed by atoms with E-state index in [1.807, 2.05) is 66.7 Å². The molecule has 0 bridgehead atoms. The van der Waals surface area contributed by atoms with Gasteiger partial charge in [0.1, 0.15) is 0 Å². The minimum Gasteiger partial charge on any atom is -0.310 e. The maximum atomic E-state index is 12.5. The predicted octanol–water partition coefficient (Wildman–Crippen LogP) is 9.08. The summed E-state index contributed by atoms with van der Waals surface area (Å²) in [5.74, 6) is 0. The normalized spacial score (nSPS) is 15.7. The van der Waals surface area contributed by atoms with Crippen LogP contribution < -0.4 is 4.90 Å². The maximum absolute atomic E-state index is 12.5. The molecule has 0 radical (unpaired) electrons. The van der Waals surface area contributed by atoms with Gasteiger partial charge in [-0.05, 0) is 71.2 Å². The molecule has 4 aromatic carbocycles. The number of rotatable bonds is 5. The first-order valence-corrected chi connectivity index (χ1v) is 12.5. The third-order valence-electron chi connectivity index (χ3n) is 7.63. The minimum atomic E-state index is -0.223. The molecule has 4 aromatic rings. The summed E-state index contributed by atoms with van der Waals surface area (Å²) in [7, 11) is 0. The van der Waals surface area contributed by atoms with E-state index in [0.29, 0.717) is 5.56 Å². The van der Waals surface area contributed by atoms with Crippen LogP contribution in [-0.2, 0) is 10.8 Å². The van der Waals surface area contributed by atoms with Crippen LogP contribution in [-0.4, -0.2) is 4.92 Å². The van der Waals surface area contributed by atoms with Gasteiger partial charge in [-0.25, -0.2) is 0 Å². The zero-order valence-electron chi connectivity index (χ0n) is 21.4. The molecule has 0 atom stereocenters. The zero-order chi connectivity index (χ0) is 25.5. The number of hydrogen-bond donors (Lipinski definition) is 0. The van der Waals surface area contributed by atoms with Crippen LogP contribution >= 0.6 is 0 Å². The first kappa shape index (κ1) is 23.8. The van der Waals surface area contributed by atoms with Gasteiger partial charge in [0.2, 0.25) is 0 Å². The highest BCUT2D eigenvalue weighted by atomic mass is 16.6. The second-order valence-electron chi connectivity index (χ2n) is 11.0. The van der Waals surface area contributed by atoms with Crippen molar-refractivity contribution in [2.75, 3.05) is 4.90 Å². The predicted molar refractivity (Wildman–Crippen MR) is 149 cm³/mol. The molecule has 1 aliphatic carbocycles. The Kier molecular flexibility index (Phi) is 5.91. The van der Waals surface area contributed by atoms with Gasteiger partial charge in [0.15, 0.2) is 0 Å². The highest BCUT2D eigenvalue weighted by Crippen LogP contribution is 2.51. The van der Waals surface area contributed by atoms with Crippen LogP contribution in [0.3, 0.4) is 0 Å². The molecule has 5 rings (SSSR count). The van der Waals surface area contributed by atoms with E-state index >= 15 is 0 Å². The number of anilines is 3. The monoisotopic (exact) mass is 476 g/mol. The lowest BCUT2D eigenvalue weighted by molar-refractivity contribution is -0.384. The molecule has 0 fully saturated rings. The van der Waals surface area contributed by atoms with Crippen LogP contribution in [0.4, 0.5) is 22.7 Å². The quantitative estimate of drug-likeness (QED) is 0.213. The van der Waals surface area contributed by atoms with Crippen molar-refractivity contribution in [3.63, 3.8) is 0 Å². The summed E-state index contributed by atoms with van der Waals surface area (Å²) in [5.41, 5.74) is 6.72. The first-order valence-electron chi connectivity index (χ1n) is 12.5. The molecule has 4 nitrogen and oxygen atoms in total. The molecule has 0 saturated heterocycles. The summed E-state index contributed by atoms with van der Waals surface area (Å²) in [6, 6.07) is 32.3. The van der Waals surface area contributed by atoms with E-state index in [9.17, 15) is 10.1 Å². The van der Waals surface area contributed by atoms with Crippen LogP contribution in [0, 0.1) is 10.1 Å². The van der Waals surface area contributed by atoms with Gasteiger partial charge in [0.05, 0.1) is 16.2 Å². The highest BCUT2D eigenvalue weighted by Gasteiger charge is 2.39. The number of nitro benzene ring substituents is 1. The second kappa shape index (κ2) is 8.94. The Balaban J connectivity index is 1.80. The fourth-order valence-corrected chi connectivity index (χ4v) is 5.45. The van der Waals surface area contributed by atoms with E-state index in [0.717, 1.165) is 41.0 Å². The van der Waals surface area contributed by atoms with Crippen LogP contribution in [0.25, 0.3) is 11.1 Å². The van der Waals surface area contributed by atoms with Crippen LogP contribution in [0.5, 0.6) is 0 Å². The Morgan fingerprint density at radius 1 is 0.667 bits per heavy atom. The van der Waals surface area contributed by atoms with Gasteiger partial charge in [-0.15, -0.1) is 0 Å². The molecule has 0 aromatic heterocycles. The average Bonchev–Trinajstić information content (AvgIpc) is 2.88. The molecular weight excluding hydrogens is 444 g/mol. The molecule has 0 N–H and O–H groups in total. The standard InChI is InChI=1S/C32H32N2O2/c1-31(2)19-20-32(3,4)28-22-30(34(35)36)26(21-27(28)31)25-17-11-12-18-29(25)33(23-13-7-5-8-14-23)24-15-9-6-10-16-24/h5-18,21-22H,19-20H2,1-4H3. The molecule has 4 heteroatoms. The van der Waals surface area contributed by atoms with Gasteiger partial charge < -0.3 is 4.90 Å². The number of hydrogen-bond acceptors (Lipinski definition) is 3. The van der Waals surface area contributed by atoms with E-state index in [-0.39, 0.29) is 21.4 Å². The van der Waals surface area contributed by atoms with Gasteiger partial charge in [0.25, 0.3) is 5.69 Å². The second-order valence-corrected chi connectivity index (χ2v) is 11.0. The number of nitrogens with zero attached hydrogens (tertiary/aromatic N) is 2. The fraction of sp³-hybridized carbons (Fsp3) is 0.250. The molecule has 0 spiro atoms. The fourth-order valence-electron chi connectivity index (χ4n) is 5.45. The van der Waals surface area contributed by atoms with Crippen LogP contribution in [0.15, 0.2) is 97.1 Å². The Morgan fingerprint density at radius 2 is 1.14 bits per heavy atom. The van der Waals surface area contributed by atoms with E-state index < -0.39 is 0 Å². The van der Waals surface area contributed by atoms with Crippen molar-refractivity contribution < 1.29 is 4.92 Å². The lowest BCUT2D eigenvalue weighted by atomic mass is 9.62. The summed E-state index contributed by atoms with van der Waals surface area (Å²) in [4.78, 5) is 14.4. The molecular formula is C32H32N2O2. The van der Waals surface area contributed by atoms with Crippen molar-refractivity contribution in [1.29, 1.82) is 0 Å². The smallest absolute Gasteiger partial charge is 0.277 e. The van der Waals surface area contributed by atoms with Crippen molar-refractivity contribution in [1.82, 2.24) is 0 Å². The van der Waals surface area contributed by atoms with E-state index in [1.54, 1.807) is 0 Å². The lowest BCUT2D eigenvalue weighted by Crippen LogP contribution is -2.34. The summed E-state index contributed by atoms with van der Waals surface area (Å²) in [6.07, 6.45) is 2.06. The summed E-state index contributed by atoms with van der Waals surface area (Å²) in [6.45, 7) is 8.90. The van der Waals surface area contributed by atoms with Crippen LogP contribution in [0.1, 0.15) is 51.7 Å². The van der Waals surface area contributed by atoms with Crippen molar-refractivity contribution in [3.05, 3.63) is 118 Å². The SMILES string of the molecule is CC1(C)CCC(C)(C)c2cc([N+](=O)[O-])c(-c3ccccc3N(c3ccccc3)c3ccccc3)cc21. The topological polar surface area (TPSA) is 46.4 Å². The van der Waals surface area contributed by atoms with Gasteiger partial charge in [-0.2, -0.15) is 0 Å². The summed E-state index contributed by atoms with van der Waals surface area (Å²) in [5, 5.41) is 12.5. The van der Waals surface area contributed by atoms with E-state index in [4.69, 9.17) is 0 Å². The summed E-state index contributed by atoms with van der Waals surface area (Å²) >= 11 is 0. The average molecular weight is 477 g/mol. The van der Waals surface area contributed by atoms with Gasteiger partial charge in [-0.1, -0.05) is 82.3 Å². The Labute approximate surface area is 213 Å². The zero-order valence-corrected chi connectivity index (χ0v) is 21.4. The molecule has 182 valence electrons. The van der Waals surface area contributed by atoms with E-state index in [2.05, 4.69) is 62.9 Å². The largest absolute Gasteiger partial charge is 0.310 e. The number of fused-ring (bicyclic) bond motifs is 1. The van der Waals surface area contributed by atoms with Crippen LogP contribution in [0.2, 0.25) is 0 Å². The summed E-state index contributed by atoms with van der Waals surface area (Å²) < 4.78 is 0. The van der Waals surface area contributed by atoms with Crippen molar-refractivity contribution in [3.8, 4) is 11.1 Å². The number of para-hydroxylation sites is 3. The van der Waals surface area contributed by atoms with Gasteiger partial charge >= 0.3 is 0 Å². The lowest BCUT2D eigenvalue weighted by Gasteiger charge is -2.42. The molecule has 0 heterocycles. The highest BCUT2D eigenvalue weighted by molar-refractivity contribution is 5.91. The van der Waals surface area contributed by atoms with Crippen molar-refractivity contribution in [2.24, 2.45) is 0 Å². The van der Waals surface area contributed by atoms with Crippen molar-refractivity contribution >= 4 is 22.7 Å². The maximum Gasteiger partial charge on any atom is 0.277 e. The number of benzene rings is 4. The Hall–Kier alpha value is -3.92. The van der Waals surface area contributed by atoms with Crippen molar-refractivity contribution in [2.45, 2.75) is 51.4 Å². The first-order chi connectivity index (χ1) is 17.2. The Bertz CT molecular complexity index is 1370. The third-order valence-corrected chi connectivity index (χ3v) is 7.63. The van der Waals surface area contributed by atoms with Gasteiger partial charge in [0, 0.05) is 23.0 Å². The number of nitro groups is 1. The Morgan fingerprint density at radius 3 is 1.67 bits per heavy atom. The van der Waals surface area contributed by atoms with Gasteiger partial charge in [-0.3, -0.25) is 10.1 Å².